The van der Waals surface area contributed by atoms with E-state index in [1.165, 1.54) is 55.6 Å². The predicted molar refractivity (Wildman–Crippen MR) is 301 cm³/mol. The van der Waals surface area contributed by atoms with Crippen LogP contribution in [0.25, 0.3) is 123 Å². The van der Waals surface area contributed by atoms with E-state index in [0.29, 0.717) is 17.5 Å². The average Bonchev–Trinajstić information content (AvgIpc) is 4.23. The molecule has 0 atom stereocenters. The molecular weight excluding hydrogens is 899 g/mol. The van der Waals surface area contributed by atoms with Gasteiger partial charge in [0.15, 0.2) is 17.5 Å². The molecule has 1 spiro atoms. The van der Waals surface area contributed by atoms with Crippen LogP contribution in [0.5, 0.6) is 0 Å². The molecule has 15 rings (SSSR count). The van der Waals surface area contributed by atoms with Crippen LogP contribution in [0.1, 0.15) is 22.3 Å². The molecule has 0 N–H and O–H groups in total. The molecule has 0 fully saturated rings. The minimum absolute atomic E-state index is 0.386. The normalized spacial score (nSPS) is 12.7. The Kier molecular flexibility index (Phi) is 9.45. The molecule has 0 unspecified atom stereocenters. The van der Waals surface area contributed by atoms with Crippen LogP contribution in [0.2, 0.25) is 0 Å². The van der Waals surface area contributed by atoms with Gasteiger partial charge in [0.25, 0.3) is 0 Å². The summed E-state index contributed by atoms with van der Waals surface area (Å²) in [6.07, 6.45) is 0. The van der Waals surface area contributed by atoms with Crippen LogP contribution < -0.4 is 0 Å². The Morgan fingerprint density at radius 2 is 0.649 bits per heavy atom. The molecule has 0 aliphatic heterocycles. The number of hydrogen-bond donors (Lipinski definition) is 0. The Hall–Kier alpha value is -9.77. The van der Waals surface area contributed by atoms with Gasteiger partial charge in [-0.15, -0.1) is 0 Å². The third kappa shape index (κ3) is 6.52. The molecule has 0 amide bonds. The monoisotopic (exact) mass is 941 g/mol. The van der Waals surface area contributed by atoms with E-state index in [1.54, 1.807) is 0 Å². The highest BCUT2D eigenvalue weighted by Gasteiger charge is 2.51. The van der Waals surface area contributed by atoms with Crippen LogP contribution >= 0.6 is 0 Å². The van der Waals surface area contributed by atoms with E-state index in [0.717, 1.165) is 72.0 Å². The van der Waals surface area contributed by atoms with Gasteiger partial charge in [-0.3, -0.25) is 0 Å². The molecule has 344 valence electrons. The highest BCUT2D eigenvalue weighted by molar-refractivity contribution is 6.13. The first-order chi connectivity index (χ1) is 36.7. The fourth-order valence-electron chi connectivity index (χ4n) is 12.0. The SMILES string of the molecule is c1ccc(-c2ccc(-c3nc(-c4cccc(-c5ccccc5)c4)nc(-c4cccc5oc6ccc(-c7ccc(-c8ccc9c(c8)C8(c%10ccccc%10-c%10ccccc%108)c8ccccc8-9)cc7)cc6c45)n3)cc2)cc1. The first-order valence-corrected chi connectivity index (χ1v) is 25.2. The topological polar surface area (TPSA) is 51.8 Å². The molecule has 0 radical (unpaired) electrons. The van der Waals surface area contributed by atoms with Gasteiger partial charge in [-0.25, -0.2) is 15.0 Å². The van der Waals surface area contributed by atoms with Crippen molar-refractivity contribution in [2.75, 3.05) is 0 Å². The first kappa shape index (κ1) is 42.0. The summed E-state index contributed by atoms with van der Waals surface area (Å²) in [7, 11) is 0. The molecule has 2 aliphatic carbocycles. The maximum atomic E-state index is 6.60. The van der Waals surface area contributed by atoms with Crippen molar-refractivity contribution in [2.24, 2.45) is 0 Å². The summed E-state index contributed by atoms with van der Waals surface area (Å²) in [5, 5.41) is 1.96. The van der Waals surface area contributed by atoms with Crippen LogP contribution in [-0.4, -0.2) is 15.0 Å². The third-order valence-corrected chi connectivity index (χ3v) is 15.4. The van der Waals surface area contributed by atoms with Crippen LogP contribution in [0.15, 0.2) is 265 Å². The van der Waals surface area contributed by atoms with Crippen LogP contribution in [-0.2, 0) is 5.41 Å². The zero-order chi connectivity index (χ0) is 48.7. The van der Waals surface area contributed by atoms with Gasteiger partial charge in [0.05, 0.1) is 5.41 Å². The second kappa shape index (κ2) is 16.7. The smallest absolute Gasteiger partial charge is 0.164 e. The maximum Gasteiger partial charge on any atom is 0.164 e. The van der Waals surface area contributed by atoms with Crippen molar-refractivity contribution in [1.82, 2.24) is 15.0 Å². The van der Waals surface area contributed by atoms with Gasteiger partial charge in [-0.1, -0.05) is 231 Å². The van der Waals surface area contributed by atoms with Crippen LogP contribution in [0.3, 0.4) is 0 Å². The van der Waals surface area contributed by atoms with E-state index in [-0.39, 0.29) is 5.41 Å². The molecule has 0 saturated heterocycles. The third-order valence-electron chi connectivity index (χ3n) is 15.4. The molecule has 4 nitrogen and oxygen atoms in total. The van der Waals surface area contributed by atoms with Crippen molar-refractivity contribution in [3.63, 3.8) is 0 Å². The lowest BCUT2D eigenvalue weighted by molar-refractivity contribution is 0.669. The molecule has 0 bridgehead atoms. The second-order valence-electron chi connectivity index (χ2n) is 19.4. The van der Waals surface area contributed by atoms with Gasteiger partial charge >= 0.3 is 0 Å². The molecule has 4 heteroatoms. The standard InChI is InChI=1S/C70H43N3O/c1-3-15-44(16-4-1)46-33-35-49(36-34-46)67-71-68(53-20-13-19-50(41-53)45-17-5-2-6-18-45)73-69(72-67)58-24-14-28-65-66(58)59-42-51(38-40-64(59)74-65)47-29-31-48(32-30-47)52-37-39-57-56-23-9-12-27-62(56)70(63(57)43-52)60-25-10-7-21-54(60)55-22-8-11-26-61(55)70/h1-43H. The minimum Gasteiger partial charge on any atom is -0.456 e. The lowest BCUT2D eigenvalue weighted by atomic mass is 9.70. The summed E-state index contributed by atoms with van der Waals surface area (Å²) in [6, 6.07) is 93.5. The van der Waals surface area contributed by atoms with E-state index < -0.39 is 0 Å². The van der Waals surface area contributed by atoms with Gasteiger partial charge in [0.1, 0.15) is 11.2 Å². The fourth-order valence-corrected chi connectivity index (χ4v) is 12.0. The van der Waals surface area contributed by atoms with Crippen LogP contribution in [0, 0.1) is 0 Å². The van der Waals surface area contributed by atoms with E-state index in [9.17, 15) is 0 Å². The fraction of sp³-hybridized carbons (Fsp3) is 0.0143. The quantitative estimate of drug-likeness (QED) is 0.160. The Morgan fingerprint density at radius 1 is 0.243 bits per heavy atom. The van der Waals surface area contributed by atoms with Gasteiger partial charge in [0, 0.05) is 27.5 Å². The summed E-state index contributed by atoms with van der Waals surface area (Å²) in [4.78, 5) is 15.7. The van der Waals surface area contributed by atoms with Gasteiger partial charge in [-0.05, 0) is 119 Å². The van der Waals surface area contributed by atoms with E-state index in [4.69, 9.17) is 19.4 Å². The van der Waals surface area contributed by atoms with E-state index in [2.05, 4.69) is 237 Å². The molecule has 74 heavy (non-hydrogen) atoms. The number of fused-ring (bicyclic) bond motifs is 13. The summed E-state index contributed by atoms with van der Waals surface area (Å²) in [5.41, 5.74) is 23.6. The second-order valence-corrected chi connectivity index (χ2v) is 19.4. The largest absolute Gasteiger partial charge is 0.456 e. The van der Waals surface area contributed by atoms with Crippen molar-refractivity contribution in [2.45, 2.75) is 5.41 Å². The zero-order valence-electron chi connectivity index (χ0n) is 40.1. The summed E-state index contributed by atoms with van der Waals surface area (Å²) in [6.45, 7) is 0. The number of benzene rings is 11. The summed E-state index contributed by atoms with van der Waals surface area (Å²) < 4.78 is 6.60. The molecule has 2 aromatic heterocycles. The number of hydrogen-bond acceptors (Lipinski definition) is 4. The highest BCUT2D eigenvalue weighted by Crippen LogP contribution is 2.63. The summed E-state index contributed by atoms with van der Waals surface area (Å²) >= 11 is 0. The van der Waals surface area contributed by atoms with Crippen molar-refractivity contribution in [3.05, 3.63) is 283 Å². The number of furan rings is 1. The average molecular weight is 942 g/mol. The zero-order valence-corrected chi connectivity index (χ0v) is 40.1. The summed E-state index contributed by atoms with van der Waals surface area (Å²) in [5.74, 6) is 1.77. The lowest BCUT2D eigenvalue weighted by Gasteiger charge is -2.30. The lowest BCUT2D eigenvalue weighted by Crippen LogP contribution is -2.25. The molecule has 0 saturated carbocycles. The van der Waals surface area contributed by atoms with Crippen molar-refractivity contribution >= 4 is 21.9 Å². The molecule has 11 aromatic carbocycles. The first-order valence-electron chi connectivity index (χ1n) is 25.2. The number of aromatic nitrogens is 3. The van der Waals surface area contributed by atoms with Gasteiger partial charge in [-0.2, -0.15) is 0 Å². The Morgan fingerprint density at radius 3 is 1.28 bits per heavy atom. The van der Waals surface area contributed by atoms with Crippen molar-refractivity contribution in [1.29, 1.82) is 0 Å². The molecule has 2 heterocycles. The molecular formula is C70H43N3O. The Bertz CT molecular complexity index is 4280. The minimum atomic E-state index is -0.386. The van der Waals surface area contributed by atoms with Crippen LogP contribution in [0.4, 0.5) is 0 Å². The molecule has 13 aromatic rings. The van der Waals surface area contributed by atoms with E-state index in [1.807, 2.05) is 24.3 Å². The maximum absolute atomic E-state index is 6.60. The number of nitrogens with zero attached hydrogens (tertiary/aromatic N) is 3. The van der Waals surface area contributed by atoms with Crippen molar-refractivity contribution in [3.8, 4) is 101 Å². The predicted octanol–water partition coefficient (Wildman–Crippen LogP) is 17.8. The Labute approximate surface area is 428 Å². The number of rotatable bonds is 7. The van der Waals surface area contributed by atoms with E-state index >= 15 is 0 Å². The van der Waals surface area contributed by atoms with Gasteiger partial charge < -0.3 is 4.42 Å². The Balaban J connectivity index is 0.823. The van der Waals surface area contributed by atoms with Crippen molar-refractivity contribution < 1.29 is 4.42 Å². The van der Waals surface area contributed by atoms with Gasteiger partial charge in [0.2, 0.25) is 0 Å². The highest BCUT2D eigenvalue weighted by atomic mass is 16.3. The molecule has 2 aliphatic rings.